The summed E-state index contributed by atoms with van der Waals surface area (Å²) < 4.78 is 14.0. The molecule has 6 heteroatoms. The van der Waals surface area contributed by atoms with Gasteiger partial charge in [0.15, 0.2) is 5.75 Å². The molecule has 1 amide bonds. The van der Waals surface area contributed by atoms with Gasteiger partial charge in [-0.15, -0.1) is 0 Å². The molecule has 2 heterocycles. The number of carbonyl (C=O) groups is 1. The summed E-state index contributed by atoms with van der Waals surface area (Å²) in [6, 6.07) is 10.5. The molecule has 1 saturated carbocycles. The predicted octanol–water partition coefficient (Wildman–Crippen LogP) is 3.99. The number of fused-ring (bicyclic) bond motifs is 3. The summed E-state index contributed by atoms with van der Waals surface area (Å²) in [5.41, 5.74) is 5.72. The Hall–Kier alpha value is -2.86. The van der Waals surface area contributed by atoms with Crippen molar-refractivity contribution in [2.75, 3.05) is 7.11 Å². The minimum absolute atomic E-state index is 0.00339. The fourth-order valence-corrected chi connectivity index (χ4v) is 4.35. The molecule has 0 unspecified atom stereocenters. The second kappa shape index (κ2) is 7.43. The molecular weight excluding hydrogens is 378 g/mol. The van der Waals surface area contributed by atoms with E-state index in [4.69, 9.17) is 14.5 Å². The first-order chi connectivity index (χ1) is 14.6. The molecule has 2 aliphatic rings. The van der Waals surface area contributed by atoms with Crippen molar-refractivity contribution >= 4 is 16.9 Å². The zero-order valence-corrected chi connectivity index (χ0v) is 17.7. The lowest BCUT2D eigenvalue weighted by atomic mass is 9.91. The highest BCUT2D eigenvalue weighted by Crippen LogP contribution is 2.42. The number of nitrogens with zero attached hydrogens (tertiary/aromatic N) is 2. The first-order valence-corrected chi connectivity index (χ1v) is 10.6. The second-order valence-electron chi connectivity index (χ2n) is 8.34. The van der Waals surface area contributed by atoms with Crippen LogP contribution in [0.3, 0.4) is 0 Å². The van der Waals surface area contributed by atoms with Gasteiger partial charge >= 0.3 is 0 Å². The van der Waals surface area contributed by atoms with Crippen LogP contribution in [0.25, 0.3) is 11.0 Å². The maximum absolute atomic E-state index is 13.0. The summed E-state index contributed by atoms with van der Waals surface area (Å²) in [4.78, 5) is 17.8. The van der Waals surface area contributed by atoms with Gasteiger partial charge in [0.1, 0.15) is 17.4 Å². The molecule has 0 spiro atoms. The van der Waals surface area contributed by atoms with Gasteiger partial charge in [-0.05, 0) is 49.8 Å². The standard InChI is InChI=1S/C24H27N3O3/c1-14-25-22-20(27(14)2)12-19(24(28)26-16-8-9-16)18-10-11-21(30-23(18)22)17-7-5-4-6-15(17)13-29-3/h4-7,12,16,21H,8-11,13H2,1-3H3,(H,26,28)/t21-/m0/s1. The number of amides is 1. The third-order valence-corrected chi connectivity index (χ3v) is 6.23. The molecule has 5 rings (SSSR count). The number of methoxy groups -OCH3 is 1. The Morgan fingerprint density at radius 3 is 2.87 bits per heavy atom. The van der Waals surface area contributed by atoms with Crippen LogP contribution < -0.4 is 10.1 Å². The number of hydrogen-bond donors (Lipinski definition) is 1. The van der Waals surface area contributed by atoms with Gasteiger partial charge in [0.25, 0.3) is 5.91 Å². The third-order valence-electron chi connectivity index (χ3n) is 6.23. The molecule has 1 N–H and O–H groups in total. The van der Waals surface area contributed by atoms with Crippen LogP contribution in [-0.2, 0) is 24.8 Å². The second-order valence-corrected chi connectivity index (χ2v) is 8.34. The SMILES string of the molecule is COCc1ccccc1[C@@H]1CCc2c(C(=O)NC3CC3)cc3c(nc(C)n3C)c2O1. The number of aromatic nitrogens is 2. The van der Waals surface area contributed by atoms with Crippen molar-refractivity contribution in [2.24, 2.45) is 7.05 Å². The molecule has 1 aromatic heterocycles. The topological polar surface area (TPSA) is 65.4 Å². The maximum atomic E-state index is 13.0. The highest BCUT2D eigenvalue weighted by atomic mass is 16.5. The molecule has 1 aliphatic carbocycles. The molecule has 2 aromatic carbocycles. The molecule has 30 heavy (non-hydrogen) atoms. The number of carbonyl (C=O) groups excluding carboxylic acids is 1. The molecule has 156 valence electrons. The summed E-state index contributed by atoms with van der Waals surface area (Å²) in [7, 11) is 3.69. The van der Waals surface area contributed by atoms with Crippen molar-refractivity contribution in [3.05, 3.63) is 58.4 Å². The Labute approximate surface area is 176 Å². The van der Waals surface area contributed by atoms with Crippen LogP contribution >= 0.6 is 0 Å². The Bertz CT molecular complexity index is 1130. The first kappa shape index (κ1) is 19.1. The summed E-state index contributed by atoms with van der Waals surface area (Å²) in [5, 5.41) is 3.14. The van der Waals surface area contributed by atoms with E-state index in [0.717, 1.165) is 70.5 Å². The molecule has 0 saturated heterocycles. The summed E-state index contributed by atoms with van der Waals surface area (Å²) in [6.45, 7) is 2.52. The molecule has 0 bridgehead atoms. The minimum atomic E-state index is -0.0869. The van der Waals surface area contributed by atoms with Crippen molar-refractivity contribution in [1.82, 2.24) is 14.9 Å². The van der Waals surface area contributed by atoms with E-state index in [0.29, 0.717) is 12.6 Å². The Morgan fingerprint density at radius 1 is 1.30 bits per heavy atom. The number of ether oxygens (including phenoxy) is 2. The lowest BCUT2D eigenvalue weighted by molar-refractivity contribution is 0.0947. The normalized spacial score (nSPS) is 18.2. The van der Waals surface area contributed by atoms with Gasteiger partial charge in [0.05, 0.1) is 12.1 Å². The first-order valence-electron chi connectivity index (χ1n) is 10.6. The molecule has 1 atom stereocenters. The maximum Gasteiger partial charge on any atom is 0.251 e. The number of nitrogens with one attached hydrogen (secondary N) is 1. The van der Waals surface area contributed by atoms with E-state index in [9.17, 15) is 4.79 Å². The van der Waals surface area contributed by atoms with Gasteiger partial charge in [-0.1, -0.05) is 24.3 Å². The van der Waals surface area contributed by atoms with Crippen LogP contribution in [-0.4, -0.2) is 28.6 Å². The van der Waals surface area contributed by atoms with Crippen LogP contribution in [0.1, 0.15) is 58.2 Å². The number of imidazole rings is 1. The van der Waals surface area contributed by atoms with E-state index in [-0.39, 0.29) is 12.0 Å². The Balaban J connectivity index is 1.60. The van der Waals surface area contributed by atoms with Crippen LogP contribution in [0.4, 0.5) is 0 Å². The van der Waals surface area contributed by atoms with E-state index in [1.165, 1.54) is 0 Å². The van der Waals surface area contributed by atoms with E-state index in [1.807, 2.05) is 36.7 Å². The zero-order valence-electron chi connectivity index (χ0n) is 17.7. The molecule has 6 nitrogen and oxygen atoms in total. The van der Waals surface area contributed by atoms with Gasteiger partial charge in [-0.3, -0.25) is 4.79 Å². The van der Waals surface area contributed by atoms with Gasteiger partial charge in [0, 0.05) is 31.3 Å². The third kappa shape index (κ3) is 3.25. The zero-order chi connectivity index (χ0) is 20.8. The lowest BCUT2D eigenvalue weighted by Gasteiger charge is -2.29. The molecule has 1 fully saturated rings. The van der Waals surface area contributed by atoms with Crippen LogP contribution in [0.2, 0.25) is 0 Å². The average molecular weight is 405 g/mol. The summed E-state index contributed by atoms with van der Waals surface area (Å²) >= 11 is 0. The van der Waals surface area contributed by atoms with Gasteiger partial charge in [-0.25, -0.2) is 4.98 Å². The highest BCUT2D eigenvalue weighted by molar-refractivity contribution is 6.02. The number of benzene rings is 2. The number of hydrogen-bond acceptors (Lipinski definition) is 4. The van der Waals surface area contributed by atoms with Gasteiger partial charge in [0.2, 0.25) is 0 Å². The van der Waals surface area contributed by atoms with Crippen molar-refractivity contribution in [2.45, 2.75) is 51.4 Å². The predicted molar refractivity (Wildman–Crippen MR) is 115 cm³/mol. The number of rotatable bonds is 5. The van der Waals surface area contributed by atoms with Crippen LogP contribution in [0, 0.1) is 6.92 Å². The van der Waals surface area contributed by atoms with Crippen molar-refractivity contribution in [3.8, 4) is 5.75 Å². The average Bonchev–Trinajstić information content (AvgIpc) is 3.52. The minimum Gasteiger partial charge on any atom is -0.483 e. The van der Waals surface area contributed by atoms with E-state index in [1.54, 1.807) is 7.11 Å². The number of aryl methyl sites for hydroxylation is 2. The van der Waals surface area contributed by atoms with Crippen molar-refractivity contribution < 1.29 is 14.3 Å². The van der Waals surface area contributed by atoms with E-state index < -0.39 is 0 Å². The fraction of sp³-hybridized carbons (Fsp3) is 0.417. The van der Waals surface area contributed by atoms with Gasteiger partial charge < -0.3 is 19.4 Å². The smallest absolute Gasteiger partial charge is 0.251 e. The Morgan fingerprint density at radius 2 is 2.10 bits per heavy atom. The highest BCUT2D eigenvalue weighted by Gasteiger charge is 2.32. The van der Waals surface area contributed by atoms with Crippen molar-refractivity contribution in [3.63, 3.8) is 0 Å². The van der Waals surface area contributed by atoms with Crippen molar-refractivity contribution in [1.29, 1.82) is 0 Å². The summed E-state index contributed by atoms with van der Waals surface area (Å²) in [6.07, 6.45) is 3.64. The largest absolute Gasteiger partial charge is 0.483 e. The Kier molecular flexibility index (Phi) is 4.74. The summed E-state index contributed by atoms with van der Waals surface area (Å²) in [5.74, 6) is 1.65. The van der Waals surface area contributed by atoms with Gasteiger partial charge in [-0.2, -0.15) is 0 Å². The molecular formula is C24H27N3O3. The quantitative estimate of drug-likeness (QED) is 0.697. The lowest BCUT2D eigenvalue weighted by Crippen LogP contribution is -2.28. The molecule has 0 radical (unpaired) electrons. The van der Waals surface area contributed by atoms with Crippen LogP contribution in [0.5, 0.6) is 5.75 Å². The van der Waals surface area contributed by atoms with E-state index >= 15 is 0 Å². The molecule has 1 aliphatic heterocycles. The fourth-order valence-electron chi connectivity index (χ4n) is 4.35. The monoisotopic (exact) mass is 405 g/mol. The van der Waals surface area contributed by atoms with Crippen LogP contribution in [0.15, 0.2) is 30.3 Å². The van der Waals surface area contributed by atoms with E-state index in [2.05, 4.69) is 17.4 Å². The molecule has 3 aromatic rings.